The summed E-state index contributed by atoms with van der Waals surface area (Å²) in [5, 5.41) is 3.77. The Morgan fingerprint density at radius 1 is 1.03 bits per heavy atom. The lowest BCUT2D eigenvalue weighted by Gasteiger charge is -2.10. The molecule has 6 heteroatoms. The van der Waals surface area contributed by atoms with Gasteiger partial charge >= 0.3 is 0 Å². The number of nitrogens with zero attached hydrogens (tertiary/aromatic N) is 2. The van der Waals surface area contributed by atoms with Crippen LogP contribution in [0.15, 0.2) is 48.5 Å². The number of imidazole rings is 1. The molecule has 0 spiro atoms. The molecule has 0 bridgehead atoms. The third kappa shape index (κ3) is 6.49. The number of halogens is 1. The van der Waals surface area contributed by atoms with E-state index in [4.69, 9.17) is 21.3 Å². The Balaban J connectivity index is 1.22. The van der Waals surface area contributed by atoms with Gasteiger partial charge in [-0.15, -0.1) is 0 Å². The van der Waals surface area contributed by atoms with Gasteiger partial charge in [0.1, 0.15) is 11.6 Å². The average Bonchev–Trinajstić information content (AvgIpc) is 3.60. The molecule has 3 aromatic rings. The van der Waals surface area contributed by atoms with E-state index in [1.165, 1.54) is 5.52 Å². The minimum Gasteiger partial charge on any atom is -0.494 e. The van der Waals surface area contributed by atoms with Crippen LogP contribution in [-0.4, -0.2) is 28.6 Å². The molecule has 2 aromatic carbocycles. The molecule has 0 atom stereocenters. The summed E-state index contributed by atoms with van der Waals surface area (Å²) < 4.78 is 8.19. The average molecular weight is 454 g/mol. The van der Waals surface area contributed by atoms with Crippen LogP contribution in [0.2, 0.25) is 5.02 Å². The van der Waals surface area contributed by atoms with Gasteiger partial charge in [0.15, 0.2) is 0 Å². The molecule has 1 amide bonds. The highest BCUT2D eigenvalue weighted by molar-refractivity contribution is 6.30. The number of unbranched alkanes of at least 4 members (excludes halogenated alkanes) is 3. The number of hydrogen-bond acceptors (Lipinski definition) is 3. The largest absolute Gasteiger partial charge is 0.494 e. The third-order valence-corrected chi connectivity index (χ3v) is 6.17. The summed E-state index contributed by atoms with van der Waals surface area (Å²) in [4.78, 5) is 16.6. The Morgan fingerprint density at radius 2 is 1.84 bits per heavy atom. The van der Waals surface area contributed by atoms with Crippen LogP contribution in [0.4, 0.5) is 0 Å². The van der Waals surface area contributed by atoms with E-state index < -0.39 is 0 Å². The van der Waals surface area contributed by atoms with E-state index in [-0.39, 0.29) is 5.91 Å². The highest BCUT2D eigenvalue weighted by Gasteiger charge is 2.28. The third-order valence-electron chi connectivity index (χ3n) is 5.92. The number of ether oxygens (including phenoxy) is 1. The first-order chi connectivity index (χ1) is 15.7. The van der Waals surface area contributed by atoms with Gasteiger partial charge in [0.25, 0.3) is 0 Å². The zero-order valence-electron chi connectivity index (χ0n) is 18.6. The van der Waals surface area contributed by atoms with Crippen LogP contribution in [0.5, 0.6) is 5.75 Å². The highest BCUT2D eigenvalue weighted by Crippen LogP contribution is 2.28. The molecule has 0 saturated heterocycles. The fourth-order valence-corrected chi connectivity index (χ4v) is 4.07. The normalized spacial score (nSPS) is 13.4. The van der Waals surface area contributed by atoms with Gasteiger partial charge in [-0.3, -0.25) is 4.79 Å². The van der Waals surface area contributed by atoms with Crippen molar-refractivity contribution in [1.82, 2.24) is 14.9 Å². The molecule has 1 N–H and O–H groups in total. The zero-order valence-corrected chi connectivity index (χ0v) is 19.3. The molecule has 1 fully saturated rings. The highest BCUT2D eigenvalue weighted by atomic mass is 35.5. The van der Waals surface area contributed by atoms with Crippen molar-refractivity contribution in [2.24, 2.45) is 5.92 Å². The summed E-state index contributed by atoms with van der Waals surface area (Å²) in [6, 6.07) is 15.9. The molecule has 5 nitrogen and oxygen atoms in total. The maximum Gasteiger partial charge on any atom is 0.223 e. The molecule has 1 aliphatic rings. The first-order valence-electron chi connectivity index (χ1n) is 11.8. The standard InChI is InChI=1S/C26H32ClN3O2/c27-21-13-15-22(16-14-21)32-19-7-6-18-30-24-9-4-3-8-23(24)29-25(30)10-2-1-5-17-28-26(31)20-11-12-20/h3-4,8-9,13-16,20H,1-2,5-7,10-12,17-19H2,(H,28,31). The first-order valence-corrected chi connectivity index (χ1v) is 12.2. The van der Waals surface area contributed by atoms with Gasteiger partial charge < -0.3 is 14.6 Å². The van der Waals surface area contributed by atoms with Gasteiger partial charge in [0, 0.05) is 30.5 Å². The summed E-state index contributed by atoms with van der Waals surface area (Å²) in [6.45, 7) is 2.42. The minimum absolute atomic E-state index is 0.242. The number of aromatic nitrogens is 2. The van der Waals surface area contributed by atoms with Crippen LogP contribution in [0.1, 0.15) is 50.8 Å². The molecule has 4 rings (SSSR count). The SMILES string of the molecule is O=C(NCCCCCc1nc2ccccc2n1CCCCOc1ccc(Cl)cc1)C1CC1. The van der Waals surface area contributed by atoms with Crippen LogP contribution in [-0.2, 0) is 17.8 Å². The Bertz CT molecular complexity index is 1010. The molecular weight excluding hydrogens is 422 g/mol. The van der Waals surface area contributed by atoms with E-state index in [0.717, 1.165) is 86.6 Å². The van der Waals surface area contributed by atoms with Gasteiger partial charge in [-0.05, 0) is 74.9 Å². The van der Waals surface area contributed by atoms with E-state index in [1.54, 1.807) is 0 Å². The quantitative estimate of drug-likeness (QED) is 0.333. The number of para-hydroxylation sites is 2. The van der Waals surface area contributed by atoms with Crippen molar-refractivity contribution in [3.05, 3.63) is 59.4 Å². The summed E-state index contributed by atoms with van der Waals surface area (Å²) in [5.41, 5.74) is 2.27. The number of carbonyl (C=O) groups excluding carboxylic acids is 1. The summed E-state index contributed by atoms with van der Waals surface area (Å²) in [5.74, 6) is 2.56. The summed E-state index contributed by atoms with van der Waals surface area (Å²) in [7, 11) is 0. The predicted molar refractivity (Wildman–Crippen MR) is 129 cm³/mol. The Morgan fingerprint density at radius 3 is 2.66 bits per heavy atom. The number of nitrogens with one attached hydrogen (secondary N) is 1. The van der Waals surface area contributed by atoms with Crippen molar-refractivity contribution in [1.29, 1.82) is 0 Å². The monoisotopic (exact) mass is 453 g/mol. The fraction of sp³-hybridized carbons (Fsp3) is 0.462. The zero-order chi connectivity index (χ0) is 22.2. The number of carbonyl (C=O) groups is 1. The molecule has 1 aliphatic carbocycles. The second-order valence-corrected chi connectivity index (χ2v) is 8.99. The van der Waals surface area contributed by atoms with Crippen molar-refractivity contribution >= 4 is 28.5 Å². The number of rotatable bonds is 13. The Labute approximate surface area is 195 Å². The molecule has 32 heavy (non-hydrogen) atoms. The van der Waals surface area contributed by atoms with E-state index in [9.17, 15) is 4.79 Å². The van der Waals surface area contributed by atoms with E-state index in [1.807, 2.05) is 30.3 Å². The van der Waals surface area contributed by atoms with Crippen molar-refractivity contribution < 1.29 is 9.53 Å². The fourth-order valence-electron chi connectivity index (χ4n) is 3.94. The van der Waals surface area contributed by atoms with Crippen molar-refractivity contribution in [3.8, 4) is 5.75 Å². The molecule has 1 aromatic heterocycles. The van der Waals surface area contributed by atoms with E-state index in [2.05, 4.69) is 28.1 Å². The van der Waals surface area contributed by atoms with Crippen LogP contribution in [0.3, 0.4) is 0 Å². The topological polar surface area (TPSA) is 56.2 Å². The molecule has 0 aliphatic heterocycles. The summed E-state index contributed by atoms with van der Waals surface area (Å²) >= 11 is 5.92. The predicted octanol–water partition coefficient (Wildman–Crippen LogP) is 5.79. The second-order valence-electron chi connectivity index (χ2n) is 8.55. The molecule has 1 saturated carbocycles. The molecule has 1 heterocycles. The molecule has 170 valence electrons. The lowest BCUT2D eigenvalue weighted by atomic mass is 10.2. The first kappa shape index (κ1) is 22.7. The number of benzene rings is 2. The van der Waals surface area contributed by atoms with Crippen molar-refractivity contribution in [2.45, 2.75) is 57.9 Å². The maximum absolute atomic E-state index is 11.7. The Kier molecular flexibility index (Phi) is 8.05. The number of aryl methyl sites for hydroxylation is 2. The van der Waals surface area contributed by atoms with E-state index >= 15 is 0 Å². The van der Waals surface area contributed by atoms with Gasteiger partial charge in [-0.2, -0.15) is 0 Å². The number of hydrogen-bond donors (Lipinski definition) is 1. The maximum atomic E-state index is 11.7. The van der Waals surface area contributed by atoms with Gasteiger partial charge in [0.2, 0.25) is 5.91 Å². The number of amides is 1. The van der Waals surface area contributed by atoms with E-state index in [0.29, 0.717) is 12.5 Å². The lowest BCUT2D eigenvalue weighted by Crippen LogP contribution is -2.25. The van der Waals surface area contributed by atoms with Crippen LogP contribution < -0.4 is 10.1 Å². The van der Waals surface area contributed by atoms with Crippen LogP contribution in [0, 0.1) is 5.92 Å². The smallest absolute Gasteiger partial charge is 0.223 e. The van der Waals surface area contributed by atoms with Crippen molar-refractivity contribution in [2.75, 3.05) is 13.2 Å². The van der Waals surface area contributed by atoms with Gasteiger partial charge in [-0.1, -0.05) is 30.2 Å². The summed E-state index contributed by atoms with van der Waals surface area (Å²) in [6.07, 6.45) is 8.33. The molecule has 0 unspecified atom stereocenters. The second kappa shape index (κ2) is 11.4. The van der Waals surface area contributed by atoms with Gasteiger partial charge in [-0.25, -0.2) is 4.98 Å². The van der Waals surface area contributed by atoms with Crippen LogP contribution in [0.25, 0.3) is 11.0 Å². The minimum atomic E-state index is 0.242. The van der Waals surface area contributed by atoms with Gasteiger partial charge in [0.05, 0.1) is 17.6 Å². The van der Waals surface area contributed by atoms with Crippen LogP contribution >= 0.6 is 11.6 Å². The molecular formula is C26H32ClN3O2. The molecule has 0 radical (unpaired) electrons. The Hall–Kier alpha value is -2.53. The number of fused-ring (bicyclic) bond motifs is 1. The lowest BCUT2D eigenvalue weighted by molar-refractivity contribution is -0.122. The van der Waals surface area contributed by atoms with Crippen molar-refractivity contribution in [3.63, 3.8) is 0 Å².